The van der Waals surface area contributed by atoms with Crippen LogP contribution in [0.15, 0.2) is 30.3 Å². The minimum absolute atomic E-state index is 0. The van der Waals surface area contributed by atoms with Gasteiger partial charge in [0.15, 0.2) is 0 Å². The number of amides is 1. The van der Waals surface area contributed by atoms with E-state index in [4.69, 9.17) is 5.73 Å². The molecule has 22 heavy (non-hydrogen) atoms. The van der Waals surface area contributed by atoms with Gasteiger partial charge in [0.1, 0.15) is 0 Å². The fourth-order valence-electron chi connectivity index (χ4n) is 2.82. The smallest absolute Gasteiger partial charge is 0.236 e. The summed E-state index contributed by atoms with van der Waals surface area (Å²) in [6.07, 6.45) is 4.51. The zero-order chi connectivity index (χ0) is 14.9. The average Bonchev–Trinajstić information content (AvgIpc) is 2.54. The van der Waals surface area contributed by atoms with Crippen molar-refractivity contribution in [3.8, 4) is 0 Å². The number of carbonyl (C=O) groups excluding carboxylic acids is 1. The van der Waals surface area contributed by atoms with Crippen LogP contribution in [0.2, 0.25) is 0 Å². The van der Waals surface area contributed by atoms with Crippen LogP contribution in [0, 0.1) is 0 Å². The Hall–Kier alpha value is -1.10. The minimum atomic E-state index is 0. The van der Waals surface area contributed by atoms with Crippen LogP contribution in [0.3, 0.4) is 0 Å². The van der Waals surface area contributed by atoms with Gasteiger partial charge in [0.25, 0.3) is 0 Å². The fourth-order valence-corrected chi connectivity index (χ4v) is 2.82. The van der Waals surface area contributed by atoms with Crippen molar-refractivity contribution in [1.82, 2.24) is 9.80 Å². The van der Waals surface area contributed by atoms with Gasteiger partial charge < -0.3 is 10.6 Å². The maximum Gasteiger partial charge on any atom is 0.236 e. The topological polar surface area (TPSA) is 49.6 Å². The Morgan fingerprint density at radius 2 is 1.77 bits per heavy atom. The van der Waals surface area contributed by atoms with Crippen molar-refractivity contribution in [2.75, 3.05) is 39.3 Å². The van der Waals surface area contributed by atoms with Crippen LogP contribution in [0.4, 0.5) is 0 Å². The highest BCUT2D eigenvalue weighted by Gasteiger charge is 2.18. The molecule has 4 nitrogen and oxygen atoms in total. The van der Waals surface area contributed by atoms with Crippen LogP contribution in [-0.2, 0) is 11.2 Å². The largest absolute Gasteiger partial charge is 0.342 e. The molecular formula is C17H28ClN3O. The third-order valence-corrected chi connectivity index (χ3v) is 4.07. The Labute approximate surface area is 140 Å². The van der Waals surface area contributed by atoms with E-state index in [0.29, 0.717) is 13.1 Å². The number of nitrogens with zero attached hydrogens (tertiary/aromatic N) is 2. The number of hydrogen-bond donors (Lipinski definition) is 1. The molecule has 1 saturated heterocycles. The molecule has 1 heterocycles. The predicted molar refractivity (Wildman–Crippen MR) is 93.3 cm³/mol. The summed E-state index contributed by atoms with van der Waals surface area (Å²) in [4.78, 5) is 16.5. The lowest BCUT2D eigenvalue weighted by Gasteiger charge is -2.30. The van der Waals surface area contributed by atoms with Crippen LogP contribution < -0.4 is 5.73 Å². The molecule has 0 atom stereocenters. The Morgan fingerprint density at radius 1 is 1.09 bits per heavy atom. The Morgan fingerprint density at radius 3 is 2.41 bits per heavy atom. The number of carbonyl (C=O) groups is 1. The van der Waals surface area contributed by atoms with Gasteiger partial charge in [0.05, 0.1) is 6.54 Å². The number of hydrogen-bond acceptors (Lipinski definition) is 3. The normalized spacial score (nSPS) is 14.7. The van der Waals surface area contributed by atoms with Gasteiger partial charge in [0, 0.05) is 32.7 Å². The molecule has 0 bridgehead atoms. The molecule has 124 valence electrons. The summed E-state index contributed by atoms with van der Waals surface area (Å²) in [7, 11) is 0. The lowest BCUT2D eigenvalue weighted by atomic mass is 10.1. The van der Waals surface area contributed by atoms with Crippen molar-refractivity contribution in [3.05, 3.63) is 35.9 Å². The second-order valence-electron chi connectivity index (χ2n) is 5.74. The molecular weight excluding hydrogens is 298 g/mol. The molecule has 1 fully saturated rings. The van der Waals surface area contributed by atoms with Gasteiger partial charge in [0.2, 0.25) is 5.91 Å². The van der Waals surface area contributed by atoms with E-state index in [1.165, 1.54) is 12.0 Å². The van der Waals surface area contributed by atoms with Gasteiger partial charge in [-0.2, -0.15) is 0 Å². The number of nitrogens with two attached hydrogens (primary N) is 1. The third-order valence-electron chi connectivity index (χ3n) is 4.07. The summed E-state index contributed by atoms with van der Waals surface area (Å²) < 4.78 is 0. The summed E-state index contributed by atoms with van der Waals surface area (Å²) in [5.41, 5.74) is 7.00. The molecule has 1 aliphatic heterocycles. The SMILES string of the molecule is Cl.NCCN(CCc1ccccc1)CC(=O)N1CCCCC1. The van der Waals surface area contributed by atoms with E-state index in [0.717, 1.165) is 45.4 Å². The van der Waals surface area contributed by atoms with E-state index in [2.05, 4.69) is 29.2 Å². The molecule has 0 aromatic heterocycles. The molecule has 1 aromatic rings. The zero-order valence-electron chi connectivity index (χ0n) is 13.2. The molecule has 2 rings (SSSR count). The van der Waals surface area contributed by atoms with Crippen molar-refractivity contribution in [2.24, 2.45) is 5.73 Å². The lowest BCUT2D eigenvalue weighted by molar-refractivity contribution is -0.133. The molecule has 2 N–H and O–H groups in total. The van der Waals surface area contributed by atoms with E-state index in [9.17, 15) is 4.79 Å². The molecule has 1 aromatic carbocycles. The Kier molecular flexibility index (Phi) is 9.13. The first-order chi connectivity index (χ1) is 10.3. The number of likely N-dealkylation sites (tertiary alicyclic amines) is 1. The molecule has 1 amide bonds. The van der Waals surface area contributed by atoms with Crippen LogP contribution in [-0.4, -0.2) is 55.0 Å². The third kappa shape index (κ3) is 6.34. The van der Waals surface area contributed by atoms with Crippen molar-refractivity contribution >= 4 is 18.3 Å². The zero-order valence-corrected chi connectivity index (χ0v) is 14.1. The van der Waals surface area contributed by atoms with E-state index in [-0.39, 0.29) is 18.3 Å². The quantitative estimate of drug-likeness (QED) is 0.833. The number of benzene rings is 1. The van der Waals surface area contributed by atoms with Crippen molar-refractivity contribution < 1.29 is 4.79 Å². The van der Waals surface area contributed by atoms with Gasteiger partial charge in [-0.05, 0) is 31.2 Å². The standard InChI is InChI=1S/C17H27N3O.ClH/c18-10-14-19(13-9-16-7-3-1-4-8-16)15-17(21)20-11-5-2-6-12-20;/h1,3-4,7-8H,2,5-6,9-15,18H2;1H. The maximum atomic E-state index is 12.3. The van der Waals surface area contributed by atoms with Crippen molar-refractivity contribution in [1.29, 1.82) is 0 Å². The monoisotopic (exact) mass is 325 g/mol. The summed E-state index contributed by atoms with van der Waals surface area (Å²) in [5.74, 6) is 0.260. The first-order valence-electron chi connectivity index (χ1n) is 8.03. The number of halogens is 1. The van der Waals surface area contributed by atoms with Crippen LogP contribution in [0.1, 0.15) is 24.8 Å². The van der Waals surface area contributed by atoms with Gasteiger partial charge in [-0.25, -0.2) is 0 Å². The Balaban J connectivity index is 0.00000242. The summed E-state index contributed by atoms with van der Waals surface area (Å²) in [6, 6.07) is 10.4. The maximum absolute atomic E-state index is 12.3. The van der Waals surface area contributed by atoms with Crippen LogP contribution in [0.5, 0.6) is 0 Å². The van der Waals surface area contributed by atoms with E-state index in [1.54, 1.807) is 0 Å². The minimum Gasteiger partial charge on any atom is -0.342 e. The molecule has 1 aliphatic rings. The van der Waals surface area contributed by atoms with Crippen LogP contribution in [0.25, 0.3) is 0 Å². The van der Waals surface area contributed by atoms with E-state index in [1.807, 2.05) is 11.0 Å². The number of piperidine rings is 1. The molecule has 5 heteroatoms. The average molecular weight is 326 g/mol. The highest BCUT2D eigenvalue weighted by Crippen LogP contribution is 2.09. The molecule has 0 radical (unpaired) electrons. The summed E-state index contributed by atoms with van der Waals surface area (Å²) in [6.45, 7) is 4.63. The first-order valence-corrected chi connectivity index (χ1v) is 8.03. The van der Waals surface area contributed by atoms with Crippen molar-refractivity contribution in [3.63, 3.8) is 0 Å². The van der Waals surface area contributed by atoms with Gasteiger partial charge in [-0.1, -0.05) is 30.3 Å². The highest BCUT2D eigenvalue weighted by molar-refractivity contribution is 5.85. The first kappa shape index (κ1) is 18.9. The molecule has 0 spiro atoms. The lowest BCUT2D eigenvalue weighted by Crippen LogP contribution is -2.44. The highest BCUT2D eigenvalue weighted by atomic mass is 35.5. The number of rotatable bonds is 7. The molecule has 0 saturated carbocycles. The van der Waals surface area contributed by atoms with Gasteiger partial charge in [-0.15, -0.1) is 12.4 Å². The van der Waals surface area contributed by atoms with Crippen molar-refractivity contribution in [2.45, 2.75) is 25.7 Å². The van der Waals surface area contributed by atoms with E-state index < -0.39 is 0 Å². The van der Waals surface area contributed by atoms with E-state index >= 15 is 0 Å². The predicted octanol–water partition coefficient (Wildman–Crippen LogP) is 1.92. The second-order valence-corrected chi connectivity index (χ2v) is 5.74. The summed E-state index contributed by atoms with van der Waals surface area (Å²) in [5, 5.41) is 0. The summed E-state index contributed by atoms with van der Waals surface area (Å²) >= 11 is 0. The molecule has 0 unspecified atom stereocenters. The fraction of sp³-hybridized carbons (Fsp3) is 0.588. The molecule has 0 aliphatic carbocycles. The van der Waals surface area contributed by atoms with Gasteiger partial charge >= 0.3 is 0 Å². The van der Waals surface area contributed by atoms with Crippen LogP contribution >= 0.6 is 12.4 Å². The Bertz CT molecular complexity index is 421. The second kappa shape index (κ2) is 10.6. The van der Waals surface area contributed by atoms with Gasteiger partial charge in [-0.3, -0.25) is 9.69 Å².